The molecule has 96 valence electrons. The lowest BCUT2D eigenvalue weighted by Gasteiger charge is -2.21. The number of aromatic nitrogens is 1. The van der Waals surface area contributed by atoms with E-state index in [1.54, 1.807) is 12.1 Å². The first-order valence-electron chi connectivity index (χ1n) is 5.60. The standard InChI is InChI=1S/C12H14N2O4/c1-18-9-6-10(12(16)17)14(7-9)11(15)8-2-4-13-5-3-8/h2-5,9-10H,6-7H2,1H3,(H,16,17). The summed E-state index contributed by atoms with van der Waals surface area (Å²) in [6.07, 6.45) is 3.11. The number of methoxy groups -OCH3 is 1. The Balaban J connectivity index is 2.21. The highest BCUT2D eigenvalue weighted by molar-refractivity contribution is 5.96. The number of hydrogen-bond acceptors (Lipinski definition) is 4. The monoisotopic (exact) mass is 250 g/mol. The Kier molecular flexibility index (Phi) is 3.57. The molecule has 0 saturated carbocycles. The van der Waals surface area contributed by atoms with Crippen LogP contribution in [-0.4, -0.2) is 52.7 Å². The highest BCUT2D eigenvalue weighted by atomic mass is 16.5. The maximum Gasteiger partial charge on any atom is 0.326 e. The lowest BCUT2D eigenvalue weighted by atomic mass is 10.2. The van der Waals surface area contributed by atoms with Crippen molar-refractivity contribution < 1.29 is 19.4 Å². The first-order chi connectivity index (χ1) is 8.63. The van der Waals surface area contributed by atoms with Crippen molar-refractivity contribution in [3.63, 3.8) is 0 Å². The minimum Gasteiger partial charge on any atom is -0.480 e. The molecule has 1 aliphatic rings. The molecule has 0 spiro atoms. The molecule has 0 bridgehead atoms. The van der Waals surface area contributed by atoms with Crippen LogP contribution in [0.4, 0.5) is 0 Å². The van der Waals surface area contributed by atoms with Gasteiger partial charge in [-0.1, -0.05) is 0 Å². The summed E-state index contributed by atoms with van der Waals surface area (Å²) in [6.45, 7) is 0.300. The SMILES string of the molecule is COC1CC(C(=O)O)N(C(=O)c2ccncc2)C1. The Morgan fingerprint density at radius 1 is 1.44 bits per heavy atom. The minimum atomic E-state index is -1.00. The fraction of sp³-hybridized carbons (Fsp3) is 0.417. The van der Waals surface area contributed by atoms with Crippen molar-refractivity contribution in [2.75, 3.05) is 13.7 Å². The molecule has 2 unspecified atom stereocenters. The summed E-state index contributed by atoms with van der Waals surface area (Å²) in [6, 6.07) is 2.32. The van der Waals surface area contributed by atoms with Gasteiger partial charge in [0.25, 0.3) is 5.91 Å². The van der Waals surface area contributed by atoms with Gasteiger partial charge >= 0.3 is 5.97 Å². The second-order valence-electron chi connectivity index (χ2n) is 4.14. The molecule has 0 radical (unpaired) electrons. The zero-order valence-corrected chi connectivity index (χ0v) is 9.94. The third kappa shape index (κ3) is 2.33. The van der Waals surface area contributed by atoms with Gasteiger partial charge in [-0.2, -0.15) is 0 Å². The number of hydrogen-bond donors (Lipinski definition) is 1. The number of rotatable bonds is 3. The van der Waals surface area contributed by atoms with Crippen molar-refractivity contribution in [3.05, 3.63) is 30.1 Å². The van der Waals surface area contributed by atoms with Gasteiger partial charge in [0.1, 0.15) is 6.04 Å². The molecule has 0 aliphatic carbocycles. The Bertz CT molecular complexity index is 449. The van der Waals surface area contributed by atoms with Gasteiger partial charge in [0.05, 0.1) is 6.10 Å². The summed E-state index contributed by atoms with van der Waals surface area (Å²) in [7, 11) is 1.52. The van der Waals surface area contributed by atoms with Crippen LogP contribution in [-0.2, 0) is 9.53 Å². The normalized spacial score (nSPS) is 23.1. The molecule has 2 rings (SSSR count). The van der Waals surface area contributed by atoms with Crippen LogP contribution < -0.4 is 0 Å². The minimum absolute atomic E-state index is 0.225. The van der Waals surface area contributed by atoms with Crippen LogP contribution >= 0.6 is 0 Å². The lowest BCUT2D eigenvalue weighted by molar-refractivity contribution is -0.141. The molecule has 1 saturated heterocycles. The van der Waals surface area contributed by atoms with E-state index in [0.29, 0.717) is 18.5 Å². The van der Waals surface area contributed by atoms with E-state index in [1.807, 2.05) is 0 Å². The molecule has 18 heavy (non-hydrogen) atoms. The number of carboxylic acids is 1. The Hall–Kier alpha value is -1.95. The van der Waals surface area contributed by atoms with Crippen LogP contribution in [0.2, 0.25) is 0 Å². The van der Waals surface area contributed by atoms with Gasteiger partial charge in [0, 0.05) is 38.0 Å². The van der Waals surface area contributed by atoms with Gasteiger partial charge in [-0.3, -0.25) is 9.78 Å². The average molecular weight is 250 g/mol. The molecular weight excluding hydrogens is 236 g/mol. The summed E-state index contributed by atoms with van der Waals surface area (Å²) >= 11 is 0. The molecule has 6 heteroatoms. The molecule has 1 fully saturated rings. The third-order valence-electron chi connectivity index (χ3n) is 3.07. The second-order valence-corrected chi connectivity index (χ2v) is 4.14. The van der Waals surface area contributed by atoms with Gasteiger partial charge in [-0.05, 0) is 12.1 Å². The molecule has 1 aromatic rings. The number of amides is 1. The number of ether oxygens (including phenoxy) is 1. The Labute approximate surface area is 104 Å². The predicted molar refractivity (Wildman–Crippen MR) is 62.1 cm³/mol. The second kappa shape index (κ2) is 5.14. The summed E-state index contributed by atoms with van der Waals surface area (Å²) < 4.78 is 5.14. The maximum atomic E-state index is 12.2. The molecule has 1 amide bonds. The molecule has 1 aromatic heterocycles. The lowest BCUT2D eigenvalue weighted by Crippen LogP contribution is -2.40. The zero-order chi connectivity index (χ0) is 13.1. The van der Waals surface area contributed by atoms with Crippen molar-refractivity contribution >= 4 is 11.9 Å². The topological polar surface area (TPSA) is 79.7 Å². The Morgan fingerprint density at radius 3 is 2.67 bits per heavy atom. The van der Waals surface area contributed by atoms with E-state index in [9.17, 15) is 9.59 Å². The van der Waals surface area contributed by atoms with Crippen molar-refractivity contribution in [2.24, 2.45) is 0 Å². The number of carbonyl (C=O) groups excluding carboxylic acids is 1. The zero-order valence-electron chi connectivity index (χ0n) is 9.94. The smallest absolute Gasteiger partial charge is 0.326 e. The van der Waals surface area contributed by atoms with Crippen LogP contribution in [0.1, 0.15) is 16.8 Å². The molecule has 2 heterocycles. The van der Waals surface area contributed by atoms with E-state index < -0.39 is 12.0 Å². The number of nitrogens with zero attached hydrogens (tertiary/aromatic N) is 2. The van der Waals surface area contributed by atoms with Crippen molar-refractivity contribution in [1.29, 1.82) is 0 Å². The van der Waals surface area contributed by atoms with E-state index in [0.717, 1.165) is 0 Å². The van der Waals surface area contributed by atoms with Gasteiger partial charge in [-0.25, -0.2) is 4.79 Å². The largest absolute Gasteiger partial charge is 0.480 e. The fourth-order valence-electron chi connectivity index (χ4n) is 2.09. The van der Waals surface area contributed by atoms with E-state index >= 15 is 0 Å². The average Bonchev–Trinajstić information content (AvgIpc) is 2.83. The van der Waals surface area contributed by atoms with Gasteiger partial charge in [-0.15, -0.1) is 0 Å². The summed E-state index contributed by atoms with van der Waals surface area (Å²) in [5, 5.41) is 9.13. The van der Waals surface area contributed by atoms with Crippen LogP contribution in [0.25, 0.3) is 0 Å². The van der Waals surface area contributed by atoms with E-state index in [4.69, 9.17) is 9.84 Å². The van der Waals surface area contributed by atoms with E-state index in [1.165, 1.54) is 24.4 Å². The number of pyridine rings is 1. The highest BCUT2D eigenvalue weighted by Crippen LogP contribution is 2.22. The summed E-state index contributed by atoms with van der Waals surface area (Å²) in [5.74, 6) is -1.30. The molecule has 1 N–H and O–H groups in total. The number of carboxylic acid groups (broad SMARTS) is 1. The van der Waals surface area contributed by atoms with Crippen molar-refractivity contribution in [1.82, 2.24) is 9.88 Å². The van der Waals surface area contributed by atoms with Crippen LogP contribution in [0.5, 0.6) is 0 Å². The van der Waals surface area contributed by atoms with Gasteiger partial charge in [0.15, 0.2) is 0 Å². The van der Waals surface area contributed by atoms with E-state index in [2.05, 4.69) is 4.98 Å². The third-order valence-corrected chi connectivity index (χ3v) is 3.07. The van der Waals surface area contributed by atoms with Gasteiger partial charge < -0.3 is 14.7 Å². The molecule has 2 atom stereocenters. The Morgan fingerprint density at radius 2 is 2.11 bits per heavy atom. The van der Waals surface area contributed by atoms with Crippen molar-refractivity contribution in [2.45, 2.75) is 18.6 Å². The van der Waals surface area contributed by atoms with Gasteiger partial charge in [0.2, 0.25) is 0 Å². The molecule has 6 nitrogen and oxygen atoms in total. The first-order valence-corrected chi connectivity index (χ1v) is 5.60. The van der Waals surface area contributed by atoms with Crippen LogP contribution in [0, 0.1) is 0 Å². The van der Waals surface area contributed by atoms with Crippen LogP contribution in [0.3, 0.4) is 0 Å². The molecular formula is C12H14N2O4. The number of carbonyl (C=O) groups is 2. The predicted octanol–water partition coefficient (Wildman–Crippen LogP) is 0.396. The fourth-order valence-corrected chi connectivity index (χ4v) is 2.09. The summed E-state index contributed by atoms with van der Waals surface area (Å²) in [4.78, 5) is 28.5. The number of likely N-dealkylation sites (tertiary alicyclic amines) is 1. The first kappa shape index (κ1) is 12.5. The van der Waals surface area contributed by atoms with Crippen molar-refractivity contribution in [3.8, 4) is 0 Å². The van der Waals surface area contributed by atoms with Crippen LogP contribution in [0.15, 0.2) is 24.5 Å². The highest BCUT2D eigenvalue weighted by Gasteiger charge is 2.39. The number of aliphatic carboxylic acids is 1. The van der Waals surface area contributed by atoms with E-state index in [-0.39, 0.29) is 12.0 Å². The summed E-state index contributed by atoms with van der Waals surface area (Å²) in [5.41, 5.74) is 0.438. The molecule has 0 aromatic carbocycles. The quantitative estimate of drug-likeness (QED) is 0.839. The molecule has 1 aliphatic heterocycles. The maximum absolute atomic E-state index is 12.2.